The van der Waals surface area contributed by atoms with E-state index in [0.717, 1.165) is 12.8 Å². The Morgan fingerprint density at radius 2 is 1.65 bits per heavy atom. The third-order valence-corrected chi connectivity index (χ3v) is 2.97. The van der Waals surface area contributed by atoms with Gasteiger partial charge in [0.2, 0.25) is 5.91 Å². The van der Waals surface area contributed by atoms with E-state index < -0.39 is 12.0 Å². The zero-order valence-electron chi connectivity index (χ0n) is 11.5. The highest BCUT2D eigenvalue weighted by Gasteiger charge is 2.28. The van der Waals surface area contributed by atoms with Crippen molar-refractivity contribution in [2.45, 2.75) is 53.5 Å². The highest BCUT2D eigenvalue weighted by Crippen LogP contribution is 2.18. The number of rotatable bonds is 7. The molecule has 4 nitrogen and oxygen atoms in total. The molecule has 0 heterocycles. The molecular weight excluding hydrogens is 218 g/mol. The van der Waals surface area contributed by atoms with Crippen LogP contribution in [-0.2, 0) is 9.59 Å². The molecule has 0 saturated heterocycles. The lowest BCUT2D eigenvalue weighted by molar-refractivity contribution is -0.144. The summed E-state index contributed by atoms with van der Waals surface area (Å²) < 4.78 is 0. The number of carbonyl (C=O) groups excluding carboxylic acids is 1. The van der Waals surface area contributed by atoms with E-state index in [1.165, 1.54) is 0 Å². The first-order valence-electron chi connectivity index (χ1n) is 6.34. The summed E-state index contributed by atoms with van der Waals surface area (Å²) in [6.07, 6.45) is 1.73. The van der Waals surface area contributed by atoms with Gasteiger partial charge in [-0.3, -0.25) is 4.79 Å². The van der Waals surface area contributed by atoms with Crippen LogP contribution in [0.1, 0.15) is 47.5 Å². The Kier molecular flexibility index (Phi) is 6.85. The Labute approximate surface area is 104 Å². The molecule has 0 radical (unpaired) electrons. The summed E-state index contributed by atoms with van der Waals surface area (Å²) >= 11 is 0. The van der Waals surface area contributed by atoms with Gasteiger partial charge >= 0.3 is 5.97 Å². The van der Waals surface area contributed by atoms with Gasteiger partial charge in [0.25, 0.3) is 0 Å². The fourth-order valence-electron chi connectivity index (χ4n) is 1.85. The second-order valence-electron chi connectivity index (χ2n) is 5.21. The maximum atomic E-state index is 12.0. The van der Waals surface area contributed by atoms with Crippen molar-refractivity contribution in [2.24, 2.45) is 17.8 Å². The molecule has 0 aliphatic heterocycles. The summed E-state index contributed by atoms with van der Waals surface area (Å²) in [5, 5.41) is 11.7. The van der Waals surface area contributed by atoms with E-state index >= 15 is 0 Å². The van der Waals surface area contributed by atoms with E-state index in [2.05, 4.69) is 5.32 Å². The van der Waals surface area contributed by atoms with Gasteiger partial charge in [0.05, 0.1) is 0 Å². The van der Waals surface area contributed by atoms with Crippen molar-refractivity contribution in [3.63, 3.8) is 0 Å². The largest absolute Gasteiger partial charge is 0.480 e. The molecule has 17 heavy (non-hydrogen) atoms. The fraction of sp³-hybridized carbons (Fsp3) is 0.846. The summed E-state index contributed by atoms with van der Waals surface area (Å²) in [6.45, 7) is 9.60. The lowest BCUT2D eigenvalue weighted by Gasteiger charge is -2.24. The zero-order chi connectivity index (χ0) is 13.6. The SMILES string of the molecule is CCCC(C(=O)NC(C(=O)O)C(C)C)C(C)C. The lowest BCUT2D eigenvalue weighted by Crippen LogP contribution is -2.47. The number of nitrogens with one attached hydrogen (secondary N) is 1. The molecule has 0 aromatic rings. The normalized spacial score (nSPS) is 14.8. The Balaban J connectivity index is 4.62. The van der Waals surface area contributed by atoms with Crippen molar-refractivity contribution in [1.29, 1.82) is 0 Å². The van der Waals surface area contributed by atoms with Gasteiger partial charge in [-0.15, -0.1) is 0 Å². The van der Waals surface area contributed by atoms with Gasteiger partial charge in [0.15, 0.2) is 0 Å². The van der Waals surface area contributed by atoms with Gasteiger partial charge in [0.1, 0.15) is 6.04 Å². The van der Waals surface area contributed by atoms with Crippen LogP contribution >= 0.6 is 0 Å². The summed E-state index contributed by atoms with van der Waals surface area (Å²) in [5.74, 6) is -1.07. The third-order valence-electron chi connectivity index (χ3n) is 2.97. The quantitative estimate of drug-likeness (QED) is 0.721. The van der Waals surface area contributed by atoms with Crippen molar-refractivity contribution >= 4 is 11.9 Å². The van der Waals surface area contributed by atoms with E-state index in [0.29, 0.717) is 0 Å². The van der Waals surface area contributed by atoms with Gasteiger partial charge in [-0.25, -0.2) is 4.79 Å². The molecule has 0 bridgehead atoms. The molecule has 2 N–H and O–H groups in total. The number of aliphatic carboxylic acids is 1. The third kappa shape index (κ3) is 5.20. The molecular formula is C13H25NO3. The molecule has 0 aromatic heterocycles. The number of carboxylic acids is 1. The first-order valence-corrected chi connectivity index (χ1v) is 6.34. The van der Waals surface area contributed by atoms with E-state index in [9.17, 15) is 9.59 Å². The number of amides is 1. The van der Waals surface area contributed by atoms with Crippen LogP contribution in [0, 0.1) is 17.8 Å². The average Bonchev–Trinajstić information content (AvgIpc) is 2.20. The van der Waals surface area contributed by atoms with Crippen molar-refractivity contribution < 1.29 is 14.7 Å². The molecule has 2 unspecified atom stereocenters. The van der Waals surface area contributed by atoms with Crippen LogP contribution in [0.4, 0.5) is 0 Å². The standard InChI is InChI=1S/C13H25NO3/c1-6-7-10(8(2)3)12(15)14-11(9(4)5)13(16)17/h8-11H,6-7H2,1-5H3,(H,14,15)(H,16,17). The molecule has 0 aliphatic carbocycles. The van der Waals surface area contributed by atoms with Crippen molar-refractivity contribution in [1.82, 2.24) is 5.32 Å². The summed E-state index contributed by atoms with van der Waals surface area (Å²) in [5.41, 5.74) is 0. The average molecular weight is 243 g/mol. The van der Waals surface area contributed by atoms with Gasteiger partial charge in [-0.1, -0.05) is 41.0 Å². The monoisotopic (exact) mass is 243 g/mol. The number of carbonyl (C=O) groups is 2. The molecule has 4 heteroatoms. The molecule has 0 saturated carbocycles. The van der Waals surface area contributed by atoms with E-state index in [-0.39, 0.29) is 23.7 Å². The molecule has 2 atom stereocenters. The van der Waals surface area contributed by atoms with Gasteiger partial charge in [0, 0.05) is 5.92 Å². The second-order valence-corrected chi connectivity index (χ2v) is 5.21. The van der Waals surface area contributed by atoms with Gasteiger partial charge in [-0.2, -0.15) is 0 Å². The smallest absolute Gasteiger partial charge is 0.326 e. The van der Waals surface area contributed by atoms with Crippen LogP contribution in [-0.4, -0.2) is 23.0 Å². The first kappa shape index (κ1) is 15.9. The predicted molar refractivity (Wildman–Crippen MR) is 67.6 cm³/mol. The minimum Gasteiger partial charge on any atom is -0.480 e. The fourth-order valence-corrected chi connectivity index (χ4v) is 1.85. The predicted octanol–water partition coefficient (Wildman–Crippen LogP) is 2.28. The Bertz CT molecular complexity index is 261. The van der Waals surface area contributed by atoms with Crippen LogP contribution in [0.3, 0.4) is 0 Å². The summed E-state index contributed by atoms with van der Waals surface area (Å²) in [4.78, 5) is 23.0. The molecule has 0 aliphatic rings. The maximum Gasteiger partial charge on any atom is 0.326 e. The minimum atomic E-state index is -0.965. The van der Waals surface area contributed by atoms with Crippen molar-refractivity contribution in [3.8, 4) is 0 Å². The van der Waals surface area contributed by atoms with Crippen molar-refractivity contribution in [2.75, 3.05) is 0 Å². The Hall–Kier alpha value is -1.06. The second kappa shape index (κ2) is 7.30. The van der Waals surface area contributed by atoms with Crippen LogP contribution in [0.15, 0.2) is 0 Å². The molecule has 0 aromatic carbocycles. The van der Waals surface area contributed by atoms with Gasteiger partial charge < -0.3 is 10.4 Å². The van der Waals surface area contributed by atoms with Crippen LogP contribution < -0.4 is 5.32 Å². The highest BCUT2D eigenvalue weighted by atomic mass is 16.4. The Morgan fingerprint density at radius 1 is 1.12 bits per heavy atom. The molecule has 0 rings (SSSR count). The van der Waals surface area contributed by atoms with Crippen LogP contribution in [0.2, 0.25) is 0 Å². The Morgan fingerprint density at radius 3 is 1.94 bits per heavy atom. The van der Waals surface area contributed by atoms with Crippen molar-refractivity contribution in [3.05, 3.63) is 0 Å². The van der Waals surface area contributed by atoms with Gasteiger partial charge in [-0.05, 0) is 18.3 Å². The van der Waals surface area contributed by atoms with Crippen LogP contribution in [0.25, 0.3) is 0 Å². The number of carboxylic acid groups (broad SMARTS) is 1. The maximum absolute atomic E-state index is 12.0. The topological polar surface area (TPSA) is 66.4 Å². The molecule has 1 amide bonds. The van der Waals surface area contributed by atoms with E-state index in [1.54, 1.807) is 13.8 Å². The molecule has 100 valence electrons. The zero-order valence-corrected chi connectivity index (χ0v) is 11.5. The van der Waals surface area contributed by atoms with E-state index in [1.807, 2.05) is 20.8 Å². The summed E-state index contributed by atoms with van der Waals surface area (Å²) in [6, 6.07) is -0.791. The number of hydrogen-bond acceptors (Lipinski definition) is 2. The van der Waals surface area contributed by atoms with Crippen LogP contribution in [0.5, 0.6) is 0 Å². The first-order chi connectivity index (χ1) is 7.81. The molecule has 0 spiro atoms. The lowest BCUT2D eigenvalue weighted by atomic mass is 9.90. The summed E-state index contributed by atoms with van der Waals surface area (Å²) in [7, 11) is 0. The highest BCUT2D eigenvalue weighted by molar-refractivity contribution is 5.85. The number of hydrogen-bond donors (Lipinski definition) is 2. The minimum absolute atomic E-state index is 0.0967. The molecule has 0 fully saturated rings. The van der Waals surface area contributed by atoms with E-state index in [4.69, 9.17) is 5.11 Å².